The number of benzene rings is 1. The molecule has 3 heteroatoms. The van der Waals surface area contributed by atoms with Crippen LogP contribution in [0.1, 0.15) is 36.1 Å². The summed E-state index contributed by atoms with van der Waals surface area (Å²) in [6.45, 7) is 4.05. The van der Waals surface area contributed by atoms with Gasteiger partial charge < -0.3 is 5.11 Å². The molecule has 0 amide bonds. The highest BCUT2D eigenvalue weighted by Crippen LogP contribution is 2.37. The van der Waals surface area contributed by atoms with Gasteiger partial charge in [0.1, 0.15) is 5.82 Å². The first-order chi connectivity index (χ1) is 7.09. The summed E-state index contributed by atoms with van der Waals surface area (Å²) in [5, 5.41) is 10.3. The van der Waals surface area contributed by atoms with E-state index in [1.807, 2.05) is 6.92 Å². The number of hydrogen-bond donors (Lipinski definition) is 1. The molecule has 82 valence electrons. The maximum atomic E-state index is 13.6. The first-order valence-corrected chi connectivity index (χ1v) is 6.22. The number of hydrogen-bond acceptors (Lipinski definition) is 2. The van der Waals surface area contributed by atoms with Crippen LogP contribution in [-0.4, -0.2) is 10.4 Å². The summed E-state index contributed by atoms with van der Waals surface area (Å²) in [5.41, 5.74) is 2.58. The summed E-state index contributed by atoms with van der Waals surface area (Å²) in [4.78, 5) is 0. The quantitative estimate of drug-likeness (QED) is 0.733. The van der Waals surface area contributed by atoms with Crippen LogP contribution in [0.25, 0.3) is 0 Å². The molecule has 1 aromatic carbocycles. The Balaban J connectivity index is 2.52. The number of halogens is 1. The van der Waals surface area contributed by atoms with Crippen LogP contribution in [0.15, 0.2) is 12.1 Å². The smallest absolute Gasteiger partial charge is 0.129 e. The molecular weight excluding hydrogens is 211 g/mol. The maximum absolute atomic E-state index is 13.6. The van der Waals surface area contributed by atoms with Crippen LogP contribution in [0.4, 0.5) is 4.39 Å². The normalized spacial score (nSPS) is 25.9. The van der Waals surface area contributed by atoms with Crippen molar-refractivity contribution in [3.8, 4) is 0 Å². The van der Waals surface area contributed by atoms with Gasteiger partial charge in [-0.1, -0.05) is 13.0 Å². The molecule has 0 fully saturated rings. The second-order valence-electron chi connectivity index (χ2n) is 4.13. The van der Waals surface area contributed by atoms with Crippen LogP contribution in [-0.2, 0) is 5.75 Å². The van der Waals surface area contributed by atoms with Crippen molar-refractivity contribution >= 4 is 11.8 Å². The van der Waals surface area contributed by atoms with E-state index in [1.165, 1.54) is 6.07 Å². The van der Waals surface area contributed by atoms with Crippen molar-refractivity contribution in [3.63, 3.8) is 0 Å². The second-order valence-corrected chi connectivity index (χ2v) is 5.56. The predicted octanol–water partition coefficient (Wildman–Crippen LogP) is 3.19. The third-order valence-electron chi connectivity index (χ3n) is 2.94. The lowest BCUT2D eigenvalue weighted by Gasteiger charge is -2.14. The molecule has 1 aliphatic heterocycles. The summed E-state index contributed by atoms with van der Waals surface area (Å²) in [5.74, 6) is 0.537. The van der Waals surface area contributed by atoms with Crippen molar-refractivity contribution in [1.82, 2.24) is 0 Å². The van der Waals surface area contributed by atoms with Crippen molar-refractivity contribution in [2.75, 3.05) is 0 Å². The summed E-state index contributed by atoms with van der Waals surface area (Å²) < 4.78 is 13.6. The highest BCUT2D eigenvalue weighted by atomic mass is 32.2. The molecule has 0 aliphatic carbocycles. The second kappa shape index (κ2) is 4.14. The Morgan fingerprint density at radius 1 is 1.47 bits per heavy atom. The SMILES string of the molecule is Cc1ccc(F)c2c1CSC(C)C[C@@H]2O. The first kappa shape index (κ1) is 11.0. The monoisotopic (exact) mass is 226 g/mol. The molecule has 2 rings (SSSR count). The van der Waals surface area contributed by atoms with Crippen molar-refractivity contribution in [3.05, 3.63) is 34.6 Å². The number of thioether (sulfide) groups is 1. The van der Waals surface area contributed by atoms with E-state index in [2.05, 4.69) is 6.92 Å². The summed E-state index contributed by atoms with van der Waals surface area (Å²) in [7, 11) is 0. The minimum absolute atomic E-state index is 0.266. The van der Waals surface area contributed by atoms with Crippen molar-refractivity contribution < 1.29 is 9.50 Å². The summed E-state index contributed by atoms with van der Waals surface area (Å²) >= 11 is 1.78. The van der Waals surface area contributed by atoms with Crippen LogP contribution in [0.3, 0.4) is 0 Å². The van der Waals surface area contributed by atoms with Gasteiger partial charge in [0, 0.05) is 16.6 Å². The fraction of sp³-hybridized carbons (Fsp3) is 0.500. The van der Waals surface area contributed by atoms with Crippen LogP contribution in [0.5, 0.6) is 0 Å². The molecule has 1 aromatic rings. The number of aliphatic hydroxyl groups is 1. The van der Waals surface area contributed by atoms with Gasteiger partial charge in [-0.2, -0.15) is 11.8 Å². The molecule has 0 saturated heterocycles. The number of rotatable bonds is 0. The molecule has 15 heavy (non-hydrogen) atoms. The van der Waals surface area contributed by atoms with E-state index in [4.69, 9.17) is 0 Å². The van der Waals surface area contributed by atoms with Crippen LogP contribution in [0.2, 0.25) is 0 Å². The van der Waals surface area contributed by atoms with E-state index in [0.29, 0.717) is 17.2 Å². The minimum atomic E-state index is -0.648. The van der Waals surface area contributed by atoms with E-state index in [1.54, 1.807) is 17.8 Å². The Labute approximate surface area is 93.7 Å². The molecule has 1 unspecified atom stereocenters. The Kier molecular flexibility index (Phi) is 3.03. The fourth-order valence-corrected chi connectivity index (χ4v) is 3.18. The Morgan fingerprint density at radius 2 is 2.20 bits per heavy atom. The van der Waals surface area contributed by atoms with E-state index >= 15 is 0 Å². The van der Waals surface area contributed by atoms with Gasteiger partial charge in [-0.25, -0.2) is 4.39 Å². The van der Waals surface area contributed by atoms with Crippen LogP contribution < -0.4 is 0 Å². The zero-order valence-corrected chi connectivity index (χ0v) is 9.77. The Morgan fingerprint density at radius 3 is 2.93 bits per heavy atom. The Bertz CT molecular complexity index is 378. The zero-order valence-electron chi connectivity index (χ0n) is 8.96. The van der Waals surface area contributed by atoms with Crippen LogP contribution >= 0.6 is 11.8 Å². The van der Waals surface area contributed by atoms with Gasteiger partial charge in [0.15, 0.2) is 0 Å². The van der Waals surface area contributed by atoms with Crippen molar-refractivity contribution in [2.45, 2.75) is 37.4 Å². The molecule has 1 N–H and O–H groups in total. The topological polar surface area (TPSA) is 20.2 Å². The lowest BCUT2D eigenvalue weighted by atomic mass is 9.96. The van der Waals surface area contributed by atoms with Crippen molar-refractivity contribution in [2.24, 2.45) is 0 Å². The van der Waals surface area contributed by atoms with E-state index in [-0.39, 0.29) is 5.82 Å². The standard InChI is InChI=1S/C12H15FOS/c1-7-3-4-10(13)12-9(7)6-15-8(2)5-11(12)14/h3-4,8,11,14H,5-6H2,1-2H3/t8?,11-/m0/s1. The number of aryl methyl sites for hydroxylation is 1. The van der Waals surface area contributed by atoms with E-state index < -0.39 is 6.10 Å². The molecule has 1 aliphatic rings. The third-order valence-corrected chi connectivity index (χ3v) is 4.16. The highest BCUT2D eigenvalue weighted by Gasteiger charge is 2.24. The molecule has 0 saturated carbocycles. The molecule has 0 bridgehead atoms. The van der Waals surface area contributed by atoms with E-state index in [0.717, 1.165) is 16.9 Å². The molecule has 2 atom stereocenters. The lowest BCUT2D eigenvalue weighted by molar-refractivity contribution is 0.163. The molecule has 0 aromatic heterocycles. The van der Waals surface area contributed by atoms with Gasteiger partial charge in [0.05, 0.1) is 6.10 Å². The molecule has 0 radical (unpaired) electrons. The van der Waals surface area contributed by atoms with Gasteiger partial charge in [-0.3, -0.25) is 0 Å². The van der Waals surface area contributed by atoms with Gasteiger partial charge in [0.25, 0.3) is 0 Å². The molecule has 1 heterocycles. The zero-order chi connectivity index (χ0) is 11.0. The van der Waals surface area contributed by atoms with Gasteiger partial charge in [-0.05, 0) is 30.5 Å². The fourth-order valence-electron chi connectivity index (χ4n) is 2.02. The third kappa shape index (κ3) is 2.04. The molecular formula is C12H15FOS. The van der Waals surface area contributed by atoms with Gasteiger partial charge in [-0.15, -0.1) is 0 Å². The predicted molar refractivity (Wildman–Crippen MR) is 61.5 cm³/mol. The first-order valence-electron chi connectivity index (χ1n) is 5.17. The largest absolute Gasteiger partial charge is 0.388 e. The van der Waals surface area contributed by atoms with Crippen LogP contribution in [0, 0.1) is 12.7 Å². The van der Waals surface area contributed by atoms with Gasteiger partial charge >= 0.3 is 0 Å². The number of aliphatic hydroxyl groups excluding tert-OH is 1. The number of fused-ring (bicyclic) bond motifs is 1. The average molecular weight is 226 g/mol. The van der Waals surface area contributed by atoms with Gasteiger partial charge in [0.2, 0.25) is 0 Å². The average Bonchev–Trinajstić information content (AvgIpc) is 2.32. The molecule has 0 spiro atoms. The van der Waals surface area contributed by atoms with E-state index in [9.17, 15) is 9.50 Å². The highest BCUT2D eigenvalue weighted by molar-refractivity contribution is 7.99. The summed E-state index contributed by atoms with van der Waals surface area (Å²) in [6.07, 6.45) is -0.0113. The minimum Gasteiger partial charge on any atom is -0.388 e. The lowest BCUT2D eigenvalue weighted by Crippen LogP contribution is -2.06. The Hall–Kier alpha value is -0.540. The summed E-state index contributed by atoms with van der Waals surface area (Å²) in [6, 6.07) is 3.25. The maximum Gasteiger partial charge on any atom is 0.129 e. The molecule has 1 nitrogen and oxygen atoms in total. The van der Waals surface area contributed by atoms with Crippen molar-refractivity contribution in [1.29, 1.82) is 0 Å².